The van der Waals surface area contributed by atoms with Gasteiger partial charge in [-0.05, 0) is 6.07 Å². The topological polar surface area (TPSA) is 78.2 Å². The van der Waals surface area contributed by atoms with Gasteiger partial charge in [0.2, 0.25) is 0 Å². The van der Waals surface area contributed by atoms with E-state index in [0.717, 1.165) is 12.1 Å². The molecular formula is C16H15F2N3O2. The molecule has 1 aromatic carbocycles. The Bertz CT molecular complexity index is 783. The second kappa shape index (κ2) is 6.07. The number of halogens is 2. The number of benzene rings is 1. The maximum absolute atomic E-state index is 13.9. The van der Waals surface area contributed by atoms with Crippen LogP contribution in [0.25, 0.3) is 10.9 Å². The second-order valence-corrected chi connectivity index (χ2v) is 5.63. The first-order chi connectivity index (χ1) is 11.0. The summed E-state index contributed by atoms with van der Waals surface area (Å²) in [5.41, 5.74) is -0.562. The van der Waals surface area contributed by atoms with Gasteiger partial charge < -0.3 is 15.2 Å². The molecule has 0 aliphatic carbocycles. The van der Waals surface area contributed by atoms with E-state index >= 15 is 0 Å². The van der Waals surface area contributed by atoms with Crippen LogP contribution in [-0.4, -0.2) is 35.5 Å². The van der Waals surface area contributed by atoms with Crippen molar-refractivity contribution in [2.75, 3.05) is 25.1 Å². The van der Waals surface area contributed by atoms with E-state index in [1.165, 1.54) is 6.20 Å². The van der Waals surface area contributed by atoms with Crippen LogP contribution in [0.5, 0.6) is 0 Å². The van der Waals surface area contributed by atoms with E-state index in [9.17, 15) is 19.1 Å². The van der Waals surface area contributed by atoms with Gasteiger partial charge in [-0.2, -0.15) is 5.26 Å². The Labute approximate surface area is 131 Å². The molecule has 3 rings (SSSR count). The zero-order valence-electron chi connectivity index (χ0n) is 12.3. The molecule has 23 heavy (non-hydrogen) atoms. The van der Waals surface area contributed by atoms with E-state index in [-0.39, 0.29) is 28.7 Å². The molecule has 0 amide bonds. The predicted molar refractivity (Wildman–Crippen MR) is 79.9 cm³/mol. The highest BCUT2D eigenvalue weighted by molar-refractivity contribution is 5.94. The number of hydrogen-bond donors (Lipinski definition) is 2. The van der Waals surface area contributed by atoms with Crippen molar-refractivity contribution in [2.45, 2.75) is 18.4 Å². The first-order valence-electron chi connectivity index (χ1n) is 7.24. The number of nitriles is 1. The minimum atomic E-state index is -0.980. The Balaban J connectivity index is 1.99. The van der Waals surface area contributed by atoms with Crippen molar-refractivity contribution in [3.8, 4) is 6.07 Å². The summed E-state index contributed by atoms with van der Waals surface area (Å²) in [6.07, 6.45) is 2.14. The van der Waals surface area contributed by atoms with Crippen LogP contribution in [0.3, 0.4) is 0 Å². The maximum Gasteiger partial charge on any atom is 0.152 e. The molecule has 0 saturated carbocycles. The van der Waals surface area contributed by atoms with Crippen LogP contribution in [0.15, 0.2) is 18.3 Å². The van der Waals surface area contributed by atoms with E-state index in [1.807, 2.05) is 6.07 Å². The third-order valence-electron chi connectivity index (χ3n) is 4.03. The number of fused-ring (bicyclic) bond motifs is 1. The highest BCUT2D eigenvalue weighted by atomic mass is 19.1. The largest absolute Gasteiger partial charge is 0.388 e. The van der Waals surface area contributed by atoms with Gasteiger partial charge in [0.15, 0.2) is 5.82 Å². The fourth-order valence-electron chi connectivity index (χ4n) is 2.68. The molecule has 2 heterocycles. The van der Waals surface area contributed by atoms with Crippen molar-refractivity contribution >= 4 is 16.6 Å². The molecule has 0 unspecified atom stereocenters. The van der Waals surface area contributed by atoms with Crippen molar-refractivity contribution in [1.29, 1.82) is 5.26 Å². The molecule has 0 radical (unpaired) electrons. The molecule has 7 heteroatoms. The summed E-state index contributed by atoms with van der Waals surface area (Å²) >= 11 is 0. The maximum atomic E-state index is 13.9. The average molecular weight is 319 g/mol. The Morgan fingerprint density at radius 2 is 2.09 bits per heavy atom. The summed E-state index contributed by atoms with van der Waals surface area (Å²) in [4.78, 5) is 3.88. The van der Waals surface area contributed by atoms with E-state index in [4.69, 9.17) is 4.74 Å². The van der Waals surface area contributed by atoms with Gasteiger partial charge in [0, 0.05) is 50.2 Å². The molecule has 1 aliphatic heterocycles. The highest BCUT2D eigenvalue weighted by Gasteiger charge is 2.30. The van der Waals surface area contributed by atoms with Gasteiger partial charge >= 0.3 is 0 Å². The van der Waals surface area contributed by atoms with Gasteiger partial charge in [0.1, 0.15) is 17.4 Å². The Kier molecular flexibility index (Phi) is 4.11. The van der Waals surface area contributed by atoms with Crippen molar-refractivity contribution in [3.63, 3.8) is 0 Å². The number of nitrogens with zero attached hydrogens (tertiary/aromatic N) is 2. The Morgan fingerprint density at radius 3 is 2.78 bits per heavy atom. The summed E-state index contributed by atoms with van der Waals surface area (Å²) in [6.45, 7) is 1.05. The number of hydrogen-bond acceptors (Lipinski definition) is 5. The van der Waals surface area contributed by atoms with Gasteiger partial charge in [0.25, 0.3) is 0 Å². The molecular weight excluding hydrogens is 304 g/mol. The monoisotopic (exact) mass is 319 g/mol. The van der Waals surface area contributed by atoms with Crippen LogP contribution in [0.4, 0.5) is 14.5 Å². The van der Waals surface area contributed by atoms with Crippen molar-refractivity contribution in [3.05, 3.63) is 35.5 Å². The van der Waals surface area contributed by atoms with Crippen molar-refractivity contribution < 1.29 is 18.6 Å². The summed E-state index contributed by atoms with van der Waals surface area (Å²) in [5.74, 6) is -1.54. The molecule has 0 atom stereocenters. The lowest BCUT2D eigenvalue weighted by atomic mass is 9.94. The van der Waals surface area contributed by atoms with Crippen molar-refractivity contribution in [1.82, 2.24) is 4.98 Å². The summed E-state index contributed by atoms with van der Waals surface area (Å²) in [5, 5.41) is 22.9. The zero-order valence-corrected chi connectivity index (χ0v) is 12.3. The van der Waals surface area contributed by atoms with E-state index in [1.54, 1.807) is 0 Å². The second-order valence-electron chi connectivity index (χ2n) is 5.63. The standard InChI is InChI=1S/C16H15F2N3O2/c17-11-5-12-14(21-9-16(22)1-3-23-4-2-16)10(7-19)8-20-15(12)13(18)6-11/h5-6,8,22H,1-4,9H2,(H,20,21). The quantitative estimate of drug-likeness (QED) is 0.908. The molecule has 2 aromatic rings. The third-order valence-corrected chi connectivity index (χ3v) is 4.03. The van der Waals surface area contributed by atoms with Crippen LogP contribution in [0.2, 0.25) is 0 Å². The van der Waals surface area contributed by atoms with Crippen LogP contribution in [-0.2, 0) is 4.74 Å². The van der Waals surface area contributed by atoms with Gasteiger partial charge in [-0.3, -0.25) is 4.98 Å². The smallest absolute Gasteiger partial charge is 0.152 e. The molecule has 2 N–H and O–H groups in total. The van der Waals surface area contributed by atoms with Crippen LogP contribution < -0.4 is 5.32 Å². The number of aromatic nitrogens is 1. The molecule has 1 aliphatic rings. The molecule has 5 nitrogen and oxygen atoms in total. The van der Waals surface area contributed by atoms with Crippen molar-refractivity contribution in [2.24, 2.45) is 0 Å². The lowest BCUT2D eigenvalue weighted by Crippen LogP contribution is -2.42. The fraction of sp³-hybridized carbons (Fsp3) is 0.375. The lowest BCUT2D eigenvalue weighted by molar-refractivity contribution is -0.0543. The fourth-order valence-corrected chi connectivity index (χ4v) is 2.68. The Morgan fingerprint density at radius 1 is 1.35 bits per heavy atom. The van der Waals surface area contributed by atoms with Crippen LogP contribution >= 0.6 is 0 Å². The van der Waals surface area contributed by atoms with Gasteiger partial charge in [-0.1, -0.05) is 0 Å². The number of rotatable bonds is 3. The number of ether oxygens (including phenoxy) is 1. The molecule has 0 spiro atoms. The predicted octanol–water partition coefficient (Wildman–Crippen LogP) is 2.34. The lowest BCUT2D eigenvalue weighted by Gasteiger charge is -2.32. The van der Waals surface area contributed by atoms with Crippen LogP contribution in [0.1, 0.15) is 18.4 Å². The number of nitrogens with one attached hydrogen (secondary N) is 1. The van der Waals surface area contributed by atoms with Gasteiger partial charge in [-0.25, -0.2) is 8.78 Å². The Hall–Kier alpha value is -2.30. The van der Waals surface area contributed by atoms with E-state index in [2.05, 4.69) is 10.3 Å². The highest BCUT2D eigenvalue weighted by Crippen LogP contribution is 2.30. The van der Waals surface area contributed by atoms with E-state index < -0.39 is 17.2 Å². The molecule has 120 valence electrons. The number of aliphatic hydroxyl groups is 1. The normalized spacial score (nSPS) is 17.0. The summed E-state index contributed by atoms with van der Waals surface area (Å²) < 4.78 is 32.6. The first kappa shape index (κ1) is 15.6. The van der Waals surface area contributed by atoms with Gasteiger partial charge in [0.05, 0.1) is 16.9 Å². The molecule has 0 bridgehead atoms. The van der Waals surface area contributed by atoms with E-state index in [0.29, 0.717) is 26.1 Å². The number of pyridine rings is 1. The first-order valence-corrected chi connectivity index (χ1v) is 7.24. The summed E-state index contributed by atoms with van der Waals surface area (Å²) in [7, 11) is 0. The third kappa shape index (κ3) is 3.09. The van der Waals surface area contributed by atoms with Crippen LogP contribution in [0, 0.1) is 23.0 Å². The average Bonchev–Trinajstić information content (AvgIpc) is 2.53. The number of anilines is 1. The minimum absolute atomic E-state index is 0.0214. The summed E-state index contributed by atoms with van der Waals surface area (Å²) in [6, 6.07) is 3.83. The van der Waals surface area contributed by atoms with Gasteiger partial charge in [-0.15, -0.1) is 0 Å². The zero-order chi connectivity index (χ0) is 16.4. The molecule has 1 fully saturated rings. The molecule has 1 aromatic heterocycles. The molecule has 1 saturated heterocycles. The minimum Gasteiger partial charge on any atom is -0.388 e. The SMILES string of the molecule is N#Cc1cnc2c(F)cc(F)cc2c1NCC1(O)CCOCC1.